The Hall–Kier alpha value is -3.21. The zero-order valence-electron chi connectivity index (χ0n) is 13.0. The number of aryl methyl sites for hydroxylation is 1. The molecule has 0 fully saturated rings. The van der Waals surface area contributed by atoms with E-state index >= 15 is 0 Å². The number of hydrogen-bond donors (Lipinski definition) is 2. The molecular weight excluding hydrogens is 300 g/mol. The minimum absolute atomic E-state index is 0.0606. The Labute approximate surface area is 138 Å². The smallest absolute Gasteiger partial charge is 0.225 e. The van der Waals surface area contributed by atoms with E-state index in [0.29, 0.717) is 18.7 Å². The maximum atomic E-state index is 12.0. The second kappa shape index (κ2) is 6.12. The van der Waals surface area contributed by atoms with Crippen molar-refractivity contribution < 1.29 is 4.79 Å². The summed E-state index contributed by atoms with van der Waals surface area (Å²) in [6, 6.07) is 15.7. The van der Waals surface area contributed by atoms with Crippen LogP contribution in [0.3, 0.4) is 0 Å². The van der Waals surface area contributed by atoms with Crippen LogP contribution in [0.4, 0.5) is 5.82 Å². The molecule has 0 aliphatic carbocycles. The van der Waals surface area contributed by atoms with Gasteiger partial charge in [-0.2, -0.15) is 0 Å². The number of rotatable bonds is 4. The molecular formula is C19H16N4O. The summed E-state index contributed by atoms with van der Waals surface area (Å²) in [6.07, 6.45) is 4.45. The summed E-state index contributed by atoms with van der Waals surface area (Å²) in [5.41, 5.74) is 3.01. The third-order valence-corrected chi connectivity index (χ3v) is 3.99. The number of nitrogens with zero attached hydrogens (tertiary/aromatic N) is 2. The van der Waals surface area contributed by atoms with Crippen molar-refractivity contribution in [3.63, 3.8) is 0 Å². The van der Waals surface area contributed by atoms with Crippen LogP contribution in [0.2, 0.25) is 0 Å². The molecule has 4 aromatic rings. The highest BCUT2D eigenvalue weighted by Crippen LogP contribution is 2.25. The molecule has 24 heavy (non-hydrogen) atoms. The fourth-order valence-corrected chi connectivity index (χ4v) is 2.81. The number of anilines is 1. The van der Waals surface area contributed by atoms with Crippen LogP contribution in [0, 0.1) is 0 Å². The van der Waals surface area contributed by atoms with Gasteiger partial charge in [-0.05, 0) is 30.7 Å². The first-order chi connectivity index (χ1) is 11.8. The highest BCUT2D eigenvalue weighted by molar-refractivity contribution is 6.06. The van der Waals surface area contributed by atoms with Gasteiger partial charge in [0.1, 0.15) is 5.82 Å². The fourth-order valence-electron chi connectivity index (χ4n) is 2.81. The first kappa shape index (κ1) is 14.4. The van der Waals surface area contributed by atoms with E-state index in [2.05, 4.69) is 38.5 Å². The van der Waals surface area contributed by atoms with Crippen molar-refractivity contribution in [2.24, 2.45) is 0 Å². The quantitative estimate of drug-likeness (QED) is 0.603. The minimum atomic E-state index is -0.0606. The van der Waals surface area contributed by atoms with Gasteiger partial charge in [0.25, 0.3) is 0 Å². The molecule has 0 saturated carbocycles. The number of carbonyl (C=O) groups excluding carboxylic acids is 1. The van der Waals surface area contributed by atoms with Crippen LogP contribution in [-0.2, 0) is 11.2 Å². The van der Waals surface area contributed by atoms with E-state index in [1.165, 1.54) is 5.39 Å². The SMILES string of the molecule is O=C(CCc1cc2c(cn1)[nH]c1ccccc12)Nc1ccccn1. The van der Waals surface area contributed by atoms with Crippen molar-refractivity contribution in [2.75, 3.05) is 5.32 Å². The van der Waals surface area contributed by atoms with Crippen LogP contribution in [0.5, 0.6) is 0 Å². The van der Waals surface area contributed by atoms with Gasteiger partial charge in [-0.25, -0.2) is 4.98 Å². The zero-order chi connectivity index (χ0) is 16.4. The second-order valence-electron chi connectivity index (χ2n) is 5.65. The van der Waals surface area contributed by atoms with Gasteiger partial charge < -0.3 is 10.3 Å². The number of nitrogens with one attached hydrogen (secondary N) is 2. The Bertz CT molecular complexity index is 1010. The summed E-state index contributed by atoms with van der Waals surface area (Å²) in [7, 11) is 0. The average Bonchev–Trinajstić information content (AvgIpc) is 2.99. The molecule has 0 aliphatic heterocycles. The molecule has 2 N–H and O–H groups in total. The molecule has 4 rings (SSSR count). The van der Waals surface area contributed by atoms with E-state index in [4.69, 9.17) is 0 Å². The Morgan fingerprint density at radius 2 is 1.88 bits per heavy atom. The summed E-state index contributed by atoms with van der Waals surface area (Å²) in [5, 5.41) is 5.10. The van der Waals surface area contributed by atoms with Crippen molar-refractivity contribution in [1.82, 2.24) is 15.0 Å². The molecule has 1 aromatic carbocycles. The predicted octanol–water partition coefficient (Wildman–Crippen LogP) is 3.68. The van der Waals surface area contributed by atoms with Crippen LogP contribution in [0.25, 0.3) is 21.8 Å². The third-order valence-electron chi connectivity index (χ3n) is 3.99. The van der Waals surface area contributed by atoms with Crippen LogP contribution in [0.1, 0.15) is 12.1 Å². The van der Waals surface area contributed by atoms with E-state index in [9.17, 15) is 4.79 Å². The van der Waals surface area contributed by atoms with E-state index in [1.807, 2.05) is 30.5 Å². The van der Waals surface area contributed by atoms with Crippen molar-refractivity contribution in [3.8, 4) is 0 Å². The predicted molar refractivity (Wildman–Crippen MR) is 94.8 cm³/mol. The number of para-hydroxylation sites is 1. The average molecular weight is 316 g/mol. The number of hydrogen-bond acceptors (Lipinski definition) is 3. The number of carbonyl (C=O) groups is 1. The lowest BCUT2D eigenvalue weighted by Crippen LogP contribution is -2.13. The van der Waals surface area contributed by atoms with Gasteiger partial charge in [0, 0.05) is 34.6 Å². The van der Waals surface area contributed by atoms with Crippen LogP contribution in [-0.4, -0.2) is 20.9 Å². The lowest BCUT2D eigenvalue weighted by atomic mass is 10.1. The molecule has 0 radical (unpaired) electrons. The van der Waals surface area contributed by atoms with Crippen molar-refractivity contribution in [3.05, 3.63) is 66.6 Å². The largest absolute Gasteiger partial charge is 0.353 e. The first-order valence-corrected chi connectivity index (χ1v) is 7.86. The number of amides is 1. The number of benzene rings is 1. The van der Waals surface area contributed by atoms with Gasteiger partial charge in [0.15, 0.2) is 0 Å². The first-order valence-electron chi connectivity index (χ1n) is 7.86. The summed E-state index contributed by atoms with van der Waals surface area (Å²) in [6.45, 7) is 0. The molecule has 0 bridgehead atoms. The molecule has 0 spiro atoms. The number of pyridine rings is 2. The maximum absolute atomic E-state index is 12.0. The van der Waals surface area contributed by atoms with Gasteiger partial charge in [0.05, 0.1) is 11.7 Å². The molecule has 1 amide bonds. The van der Waals surface area contributed by atoms with Gasteiger partial charge >= 0.3 is 0 Å². The summed E-state index contributed by atoms with van der Waals surface area (Å²) >= 11 is 0. The van der Waals surface area contributed by atoms with Crippen molar-refractivity contribution >= 4 is 33.5 Å². The molecule has 5 heteroatoms. The molecule has 5 nitrogen and oxygen atoms in total. The Kier molecular flexibility index (Phi) is 3.67. The molecule has 118 valence electrons. The second-order valence-corrected chi connectivity index (χ2v) is 5.65. The molecule has 3 aromatic heterocycles. The molecule has 0 unspecified atom stereocenters. The summed E-state index contributed by atoms with van der Waals surface area (Å²) in [5.74, 6) is 0.511. The number of aromatic amines is 1. The standard InChI is InChI=1S/C19H16N4O/c24-19(23-18-7-3-4-10-20-18)9-8-13-11-15-14-5-1-2-6-16(14)22-17(15)12-21-13/h1-7,10-12,22H,8-9H2,(H,20,23,24). The summed E-state index contributed by atoms with van der Waals surface area (Å²) in [4.78, 5) is 23.9. The van der Waals surface area contributed by atoms with Gasteiger partial charge in [-0.1, -0.05) is 24.3 Å². The molecule has 3 heterocycles. The maximum Gasteiger partial charge on any atom is 0.225 e. The number of fused-ring (bicyclic) bond motifs is 3. The van der Waals surface area contributed by atoms with Gasteiger partial charge in [-0.3, -0.25) is 9.78 Å². The third kappa shape index (κ3) is 2.84. The van der Waals surface area contributed by atoms with Gasteiger partial charge in [-0.15, -0.1) is 0 Å². The monoisotopic (exact) mass is 316 g/mol. The van der Waals surface area contributed by atoms with Crippen molar-refractivity contribution in [1.29, 1.82) is 0 Å². The molecule has 0 aliphatic rings. The van der Waals surface area contributed by atoms with Gasteiger partial charge in [0.2, 0.25) is 5.91 Å². The van der Waals surface area contributed by atoms with Crippen molar-refractivity contribution in [2.45, 2.75) is 12.8 Å². The molecule has 0 saturated heterocycles. The highest BCUT2D eigenvalue weighted by atomic mass is 16.1. The topological polar surface area (TPSA) is 70.7 Å². The Morgan fingerprint density at radius 3 is 2.75 bits per heavy atom. The van der Waals surface area contributed by atoms with Crippen LogP contribution in [0.15, 0.2) is 60.9 Å². The lowest BCUT2D eigenvalue weighted by Gasteiger charge is -2.04. The minimum Gasteiger partial charge on any atom is -0.353 e. The number of aromatic nitrogens is 3. The number of H-pyrrole nitrogens is 1. The Morgan fingerprint density at radius 1 is 1.00 bits per heavy atom. The normalized spacial score (nSPS) is 11.0. The zero-order valence-corrected chi connectivity index (χ0v) is 13.0. The van der Waals surface area contributed by atoms with E-state index in [1.54, 1.807) is 12.3 Å². The van der Waals surface area contributed by atoms with Crippen LogP contribution < -0.4 is 5.32 Å². The highest BCUT2D eigenvalue weighted by Gasteiger charge is 2.08. The summed E-state index contributed by atoms with van der Waals surface area (Å²) < 4.78 is 0. The molecule has 0 atom stereocenters. The fraction of sp³-hybridized carbons (Fsp3) is 0.105. The van der Waals surface area contributed by atoms with E-state index in [-0.39, 0.29) is 5.91 Å². The van der Waals surface area contributed by atoms with E-state index in [0.717, 1.165) is 22.1 Å². The Balaban J connectivity index is 1.50. The van der Waals surface area contributed by atoms with Crippen LogP contribution >= 0.6 is 0 Å². The lowest BCUT2D eigenvalue weighted by molar-refractivity contribution is -0.116. The van der Waals surface area contributed by atoms with E-state index < -0.39 is 0 Å².